The summed E-state index contributed by atoms with van der Waals surface area (Å²) in [7, 11) is 1.56. The van der Waals surface area contributed by atoms with Gasteiger partial charge in [-0.2, -0.15) is 0 Å². The van der Waals surface area contributed by atoms with E-state index in [9.17, 15) is 14.7 Å². The number of rotatable bonds is 6. The molecule has 1 fully saturated rings. The quantitative estimate of drug-likeness (QED) is 0.617. The van der Waals surface area contributed by atoms with E-state index in [1.54, 1.807) is 49.7 Å². The molecule has 0 saturated carbocycles. The van der Waals surface area contributed by atoms with E-state index in [0.717, 1.165) is 18.9 Å². The number of carboxylic acid groups (broad SMARTS) is 1. The first-order valence-electron chi connectivity index (χ1n) is 10.3. The summed E-state index contributed by atoms with van der Waals surface area (Å²) in [6, 6.07) is 17.5. The number of nitrogens with one attached hydrogen (secondary N) is 1. The number of carbonyl (C=O) groups is 2. The van der Waals surface area contributed by atoms with Gasteiger partial charge in [-0.3, -0.25) is 4.79 Å². The number of amides is 1. The summed E-state index contributed by atoms with van der Waals surface area (Å²) in [5.41, 5.74) is 1.68. The Bertz CT molecular complexity index is 1090. The average Bonchev–Trinajstić information content (AvgIpc) is 2.84. The highest BCUT2D eigenvalue weighted by atomic mass is 16.5. The van der Waals surface area contributed by atoms with Crippen LogP contribution in [0.1, 0.15) is 20.7 Å². The lowest BCUT2D eigenvalue weighted by Crippen LogP contribution is -2.47. The van der Waals surface area contributed by atoms with Gasteiger partial charge in [0.2, 0.25) is 0 Å². The molecule has 0 atom stereocenters. The highest BCUT2D eigenvalue weighted by Crippen LogP contribution is 2.27. The molecular weight excluding hydrogens is 408 g/mol. The number of carbonyl (C=O) groups excluding carboxylic acids is 1. The van der Waals surface area contributed by atoms with E-state index in [-0.39, 0.29) is 11.5 Å². The number of hydrogen-bond acceptors (Lipinski definition) is 6. The summed E-state index contributed by atoms with van der Waals surface area (Å²) in [6.45, 7) is 2.83. The van der Waals surface area contributed by atoms with Gasteiger partial charge in [-0.25, -0.2) is 9.78 Å². The van der Waals surface area contributed by atoms with Crippen molar-refractivity contribution in [2.75, 3.05) is 48.4 Å². The van der Waals surface area contributed by atoms with Crippen LogP contribution in [0.15, 0.2) is 66.9 Å². The Hall–Kier alpha value is -4.07. The maximum absolute atomic E-state index is 12.5. The standard InChI is InChI=1S/C24H24N4O4/c1-32-19-8-5-17(6-9-19)23(29)26-18-7-10-21(20(16-18)24(30)31)27-12-14-28(15-13-27)22-4-2-3-11-25-22/h2-11,16H,12-15H2,1H3,(H,26,29)(H,30,31). The molecule has 0 bridgehead atoms. The van der Waals surface area contributed by atoms with Crippen molar-refractivity contribution in [3.63, 3.8) is 0 Å². The molecule has 1 aliphatic rings. The maximum atomic E-state index is 12.5. The number of aromatic nitrogens is 1. The van der Waals surface area contributed by atoms with Crippen LogP contribution in [0.4, 0.5) is 17.2 Å². The number of hydrogen-bond donors (Lipinski definition) is 2. The molecule has 2 N–H and O–H groups in total. The predicted molar refractivity (Wildman–Crippen MR) is 123 cm³/mol. The summed E-state index contributed by atoms with van der Waals surface area (Å²) in [5.74, 6) is 0.220. The van der Waals surface area contributed by atoms with Gasteiger partial charge < -0.3 is 25.0 Å². The van der Waals surface area contributed by atoms with Crippen LogP contribution in [0.3, 0.4) is 0 Å². The molecule has 1 amide bonds. The first-order valence-corrected chi connectivity index (χ1v) is 10.3. The summed E-state index contributed by atoms with van der Waals surface area (Å²) >= 11 is 0. The first kappa shape index (κ1) is 21.2. The Morgan fingerprint density at radius 2 is 1.69 bits per heavy atom. The number of carboxylic acids is 1. The molecule has 1 aliphatic heterocycles. The van der Waals surface area contributed by atoms with Crippen molar-refractivity contribution >= 4 is 29.1 Å². The highest BCUT2D eigenvalue weighted by molar-refractivity contribution is 6.05. The van der Waals surface area contributed by atoms with Gasteiger partial charge in [-0.05, 0) is 54.6 Å². The number of anilines is 3. The number of aromatic carboxylic acids is 1. The van der Waals surface area contributed by atoms with E-state index in [2.05, 4.69) is 20.1 Å². The van der Waals surface area contributed by atoms with Crippen LogP contribution in [-0.4, -0.2) is 55.3 Å². The summed E-state index contributed by atoms with van der Waals surface area (Å²) in [6.07, 6.45) is 1.77. The molecule has 0 spiro atoms. The lowest BCUT2D eigenvalue weighted by Gasteiger charge is -2.37. The lowest BCUT2D eigenvalue weighted by molar-refractivity contribution is 0.0697. The normalized spacial score (nSPS) is 13.5. The van der Waals surface area contributed by atoms with Crippen LogP contribution < -0.4 is 19.9 Å². The number of benzene rings is 2. The van der Waals surface area contributed by atoms with Crippen molar-refractivity contribution in [3.8, 4) is 5.75 Å². The molecule has 0 unspecified atom stereocenters. The van der Waals surface area contributed by atoms with Crippen LogP contribution in [-0.2, 0) is 0 Å². The number of piperazine rings is 1. The highest BCUT2D eigenvalue weighted by Gasteiger charge is 2.22. The van der Waals surface area contributed by atoms with Gasteiger partial charge in [0.15, 0.2) is 0 Å². The summed E-state index contributed by atoms with van der Waals surface area (Å²) in [4.78, 5) is 33.1. The van der Waals surface area contributed by atoms with E-state index in [1.807, 2.05) is 18.2 Å². The van der Waals surface area contributed by atoms with Crippen molar-refractivity contribution in [1.82, 2.24) is 4.98 Å². The van der Waals surface area contributed by atoms with Gasteiger partial charge in [0.1, 0.15) is 11.6 Å². The van der Waals surface area contributed by atoms with Crippen molar-refractivity contribution in [3.05, 3.63) is 78.0 Å². The van der Waals surface area contributed by atoms with Crippen molar-refractivity contribution < 1.29 is 19.4 Å². The molecular formula is C24H24N4O4. The summed E-state index contributed by atoms with van der Waals surface area (Å²) < 4.78 is 5.10. The van der Waals surface area contributed by atoms with Gasteiger partial charge in [0.05, 0.1) is 18.4 Å². The van der Waals surface area contributed by atoms with Crippen LogP contribution in [0.2, 0.25) is 0 Å². The molecule has 32 heavy (non-hydrogen) atoms. The van der Waals surface area contributed by atoms with Crippen LogP contribution in [0.5, 0.6) is 5.75 Å². The number of methoxy groups -OCH3 is 1. The fraction of sp³-hybridized carbons (Fsp3) is 0.208. The number of pyridine rings is 1. The lowest BCUT2D eigenvalue weighted by atomic mass is 10.1. The topological polar surface area (TPSA) is 95.0 Å². The maximum Gasteiger partial charge on any atom is 0.337 e. The van der Waals surface area contributed by atoms with E-state index >= 15 is 0 Å². The third-order valence-electron chi connectivity index (χ3n) is 5.43. The molecule has 2 heterocycles. The van der Waals surface area contributed by atoms with Gasteiger partial charge in [-0.1, -0.05) is 6.07 Å². The van der Waals surface area contributed by atoms with E-state index in [1.165, 1.54) is 6.07 Å². The van der Waals surface area contributed by atoms with Gasteiger partial charge >= 0.3 is 5.97 Å². The van der Waals surface area contributed by atoms with Gasteiger partial charge in [-0.15, -0.1) is 0 Å². The minimum Gasteiger partial charge on any atom is -0.497 e. The van der Waals surface area contributed by atoms with Crippen molar-refractivity contribution in [2.24, 2.45) is 0 Å². The molecule has 1 saturated heterocycles. The minimum absolute atomic E-state index is 0.156. The average molecular weight is 432 g/mol. The van der Waals surface area contributed by atoms with Gasteiger partial charge in [0.25, 0.3) is 5.91 Å². The second-order valence-corrected chi connectivity index (χ2v) is 7.38. The second-order valence-electron chi connectivity index (χ2n) is 7.38. The van der Waals surface area contributed by atoms with Crippen molar-refractivity contribution in [1.29, 1.82) is 0 Å². The van der Waals surface area contributed by atoms with E-state index in [0.29, 0.717) is 35.8 Å². The van der Waals surface area contributed by atoms with Gasteiger partial charge in [0, 0.05) is 43.6 Å². The smallest absolute Gasteiger partial charge is 0.337 e. The minimum atomic E-state index is -1.03. The zero-order chi connectivity index (χ0) is 22.5. The Morgan fingerprint density at radius 3 is 2.31 bits per heavy atom. The van der Waals surface area contributed by atoms with E-state index < -0.39 is 5.97 Å². The SMILES string of the molecule is COc1ccc(C(=O)Nc2ccc(N3CCN(c4ccccn4)CC3)c(C(=O)O)c2)cc1. The fourth-order valence-electron chi connectivity index (χ4n) is 3.72. The molecule has 0 radical (unpaired) electrons. The van der Waals surface area contributed by atoms with Crippen molar-refractivity contribution in [2.45, 2.75) is 0 Å². The molecule has 0 aliphatic carbocycles. The third-order valence-corrected chi connectivity index (χ3v) is 5.43. The van der Waals surface area contributed by atoms with Crippen LogP contribution >= 0.6 is 0 Å². The second kappa shape index (κ2) is 9.38. The number of ether oxygens (including phenoxy) is 1. The monoisotopic (exact) mass is 432 g/mol. The fourth-order valence-corrected chi connectivity index (χ4v) is 3.72. The Kier molecular flexibility index (Phi) is 6.21. The largest absolute Gasteiger partial charge is 0.497 e. The van der Waals surface area contributed by atoms with Crippen LogP contribution in [0.25, 0.3) is 0 Å². The molecule has 8 nitrogen and oxygen atoms in total. The zero-order valence-corrected chi connectivity index (χ0v) is 17.7. The Balaban J connectivity index is 1.47. The molecule has 3 aromatic rings. The number of nitrogens with zero attached hydrogens (tertiary/aromatic N) is 3. The Labute approximate surface area is 186 Å². The molecule has 4 rings (SSSR count). The summed E-state index contributed by atoms with van der Waals surface area (Å²) in [5, 5.41) is 12.6. The molecule has 164 valence electrons. The first-order chi connectivity index (χ1) is 15.5. The Morgan fingerprint density at radius 1 is 0.969 bits per heavy atom. The molecule has 2 aromatic carbocycles. The third kappa shape index (κ3) is 4.64. The molecule has 8 heteroatoms. The van der Waals surface area contributed by atoms with E-state index in [4.69, 9.17) is 4.74 Å². The predicted octanol–water partition coefficient (Wildman–Crippen LogP) is 3.37. The zero-order valence-electron chi connectivity index (χ0n) is 17.7. The van der Waals surface area contributed by atoms with Crippen LogP contribution in [0, 0.1) is 0 Å². The molecule has 1 aromatic heterocycles.